The highest BCUT2D eigenvalue weighted by Crippen LogP contribution is 2.32. The lowest BCUT2D eigenvalue weighted by Crippen LogP contribution is -2.17. The first-order valence-corrected chi connectivity index (χ1v) is 5.01. The molecule has 1 aliphatic heterocycles. The second-order valence-corrected chi connectivity index (χ2v) is 3.90. The number of fused-ring (bicyclic) bond motifs is 1. The zero-order valence-electron chi connectivity index (χ0n) is 6.90. The van der Waals surface area contributed by atoms with E-state index in [1.54, 1.807) is 0 Å². The number of hydrogen-bond acceptors (Lipinski definition) is 3. The molecule has 1 aromatic carbocycles. The van der Waals surface area contributed by atoms with Crippen molar-refractivity contribution in [2.75, 3.05) is 0 Å². The first-order valence-electron chi connectivity index (χ1n) is 4.02. The zero-order valence-corrected chi connectivity index (χ0v) is 7.71. The Kier molecular flexibility index (Phi) is 2.19. The Morgan fingerprint density at radius 3 is 2.92 bits per heavy atom. The van der Waals surface area contributed by atoms with Crippen molar-refractivity contribution >= 4 is 23.2 Å². The average molecular weight is 192 g/mol. The van der Waals surface area contributed by atoms with E-state index in [0.717, 1.165) is 17.4 Å². The third-order valence-corrected chi connectivity index (χ3v) is 3.14. The summed E-state index contributed by atoms with van der Waals surface area (Å²) in [6, 6.07) is 7.60. The molecule has 0 spiro atoms. The number of rotatable bonds is 1. The lowest BCUT2D eigenvalue weighted by molar-refractivity contribution is -0.118. The first-order chi connectivity index (χ1) is 6.33. The quantitative estimate of drug-likeness (QED) is 0.502. The summed E-state index contributed by atoms with van der Waals surface area (Å²) in [6.07, 6.45) is 0.729. The molecule has 0 N–H and O–H groups in total. The standard InChI is InChI=1S/C10H8O2S/c11-5-9-8-4-2-1-3-7(8)6-13-10(9)12/h1-5,9H,6H2. The maximum atomic E-state index is 11.3. The summed E-state index contributed by atoms with van der Waals surface area (Å²) in [4.78, 5) is 22.0. The highest BCUT2D eigenvalue weighted by molar-refractivity contribution is 8.13. The molecule has 2 rings (SSSR count). The minimum Gasteiger partial charge on any atom is -0.302 e. The van der Waals surface area contributed by atoms with E-state index >= 15 is 0 Å². The molecular weight excluding hydrogens is 184 g/mol. The van der Waals surface area contributed by atoms with E-state index in [0.29, 0.717) is 5.75 Å². The van der Waals surface area contributed by atoms with Crippen LogP contribution in [-0.2, 0) is 15.3 Å². The van der Waals surface area contributed by atoms with Crippen molar-refractivity contribution in [1.29, 1.82) is 0 Å². The van der Waals surface area contributed by atoms with E-state index in [-0.39, 0.29) is 5.12 Å². The average Bonchev–Trinajstić information content (AvgIpc) is 2.18. The molecule has 0 aromatic heterocycles. The van der Waals surface area contributed by atoms with Crippen LogP contribution in [0.15, 0.2) is 24.3 Å². The molecule has 0 saturated carbocycles. The number of thioether (sulfide) groups is 1. The molecule has 2 nitrogen and oxygen atoms in total. The van der Waals surface area contributed by atoms with Crippen LogP contribution in [0.4, 0.5) is 0 Å². The highest BCUT2D eigenvalue weighted by Gasteiger charge is 2.27. The van der Waals surface area contributed by atoms with Crippen molar-refractivity contribution in [3.8, 4) is 0 Å². The van der Waals surface area contributed by atoms with Crippen molar-refractivity contribution in [1.82, 2.24) is 0 Å². The minimum absolute atomic E-state index is 0.0336. The van der Waals surface area contributed by atoms with Crippen LogP contribution < -0.4 is 0 Å². The van der Waals surface area contributed by atoms with Gasteiger partial charge in [-0.25, -0.2) is 0 Å². The first kappa shape index (κ1) is 8.51. The number of benzene rings is 1. The molecule has 0 fully saturated rings. The Balaban J connectivity index is 2.50. The van der Waals surface area contributed by atoms with Gasteiger partial charge in [0.1, 0.15) is 12.2 Å². The fraction of sp³-hybridized carbons (Fsp3) is 0.200. The van der Waals surface area contributed by atoms with Gasteiger partial charge in [-0.15, -0.1) is 0 Å². The summed E-state index contributed by atoms with van der Waals surface area (Å²) in [5.41, 5.74) is 1.98. The molecule has 0 radical (unpaired) electrons. The smallest absolute Gasteiger partial charge is 0.203 e. The molecule has 0 amide bonds. The van der Waals surface area contributed by atoms with Gasteiger partial charge in [0.05, 0.1) is 0 Å². The molecule has 0 saturated heterocycles. The van der Waals surface area contributed by atoms with Gasteiger partial charge in [0.15, 0.2) is 0 Å². The van der Waals surface area contributed by atoms with Crippen LogP contribution in [0.3, 0.4) is 0 Å². The van der Waals surface area contributed by atoms with Gasteiger partial charge in [-0.3, -0.25) is 4.79 Å². The molecule has 66 valence electrons. The number of carbonyl (C=O) groups excluding carboxylic acids is 2. The summed E-state index contributed by atoms with van der Waals surface area (Å²) in [6.45, 7) is 0. The molecule has 1 aromatic rings. The van der Waals surface area contributed by atoms with E-state index in [4.69, 9.17) is 0 Å². The molecule has 1 unspecified atom stereocenters. The van der Waals surface area contributed by atoms with Gasteiger partial charge in [0.2, 0.25) is 5.12 Å². The summed E-state index contributed by atoms with van der Waals surface area (Å²) in [5, 5.41) is -0.0336. The van der Waals surface area contributed by atoms with Crippen molar-refractivity contribution in [3.05, 3.63) is 35.4 Å². The summed E-state index contributed by atoms with van der Waals surface area (Å²) < 4.78 is 0. The number of hydrogen-bond donors (Lipinski definition) is 0. The number of aldehydes is 1. The predicted molar refractivity (Wildman–Crippen MR) is 51.5 cm³/mol. The van der Waals surface area contributed by atoms with E-state index in [1.807, 2.05) is 24.3 Å². The monoisotopic (exact) mass is 192 g/mol. The Hall–Kier alpha value is -1.09. The second-order valence-electron chi connectivity index (χ2n) is 2.92. The summed E-state index contributed by atoms with van der Waals surface area (Å²) in [7, 11) is 0. The Bertz CT molecular complexity index is 360. The van der Waals surface area contributed by atoms with Crippen LogP contribution in [0.5, 0.6) is 0 Å². The van der Waals surface area contributed by atoms with Crippen molar-refractivity contribution in [3.63, 3.8) is 0 Å². The molecule has 1 atom stereocenters. The van der Waals surface area contributed by atoms with Gasteiger partial charge in [0, 0.05) is 5.75 Å². The maximum absolute atomic E-state index is 11.3. The minimum atomic E-state index is -0.546. The van der Waals surface area contributed by atoms with Gasteiger partial charge >= 0.3 is 0 Å². The topological polar surface area (TPSA) is 34.1 Å². The lowest BCUT2D eigenvalue weighted by Gasteiger charge is -2.18. The molecule has 3 heteroatoms. The maximum Gasteiger partial charge on any atom is 0.203 e. The molecule has 0 aliphatic carbocycles. The van der Waals surface area contributed by atoms with E-state index in [2.05, 4.69) is 0 Å². The zero-order chi connectivity index (χ0) is 9.26. The second kappa shape index (κ2) is 3.34. The Morgan fingerprint density at radius 1 is 1.38 bits per heavy atom. The van der Waals surface area contributed by atoms with Crippen LogP contribution in [0.2, 0.25) is 0 Å². The summed E-state index contributed by atoms with van der Waals surface area (Å²) >= 11 is 1.22. The fourth-order valence-corrected chi connectivity index (χ4v) is 2.39. The van der Waals surface area contributed by atoms with Crippen LogP contribution in [0.1, 0.15) is 17.0 Å². The van der Waals surface area contributed by atoms with Gasteiger partial charge in [-0.2, -0.15) is 0 Å². The van der Waals surface area contributed by atoms with Gasteiger partial charge < -0.3 is 4.79 Å². The van der Waals surface area contributed by atoms with Crippen LogP contribution in [0, 0.1) is 0 Å². The van der Waals surface area contributed by atoms with Crippen LogP contribution in [0.25, 0.3) is 0 Å². The lowest BCUT2D eigenvalue weighted by atomic mass is 9.97. The predicted octanol–water partition coefficient (Wildman–Crippen LogP) is 1.74. The Morgan fingerprint density at radius 2 is 2.15 bits per heavy atom. The van der Waals surface area contributed by atoms with Crippen LogP contribution >= 0.6 is 11.8 Å². The van der Waals surface area contributed by atoms with Gasteiger partial charge in [-0.05, 0) is 11.1 Å². The largest absolute Gasteiger partial charge is 0.302 e. The van der Waals surface area contributed by atoms with E-state index < -0.39 is 5.92 Å². The van der Waals surface area contributed by atoms with Crippen molar-refractivity contribution < 1.29 is 9.59 Å². The van der Waals surface area contributed by atoms with E-state index in [9.17, 15) is 9.59 Å². The van der Waals surface area contributed by atoms with Gasteiger partial charge in [-0.1, -0.05) is 36.0 Å². The molecular formula is C10H8O2S. The third-order valence-electron chi connectivity index (χ3n) is 2.15. The van der Waals surface area contributed by atoms with Gasteiger partial charge in [0.25, 0.3) is 0 Å². The van der Waals surface area contributed by atoms with Crippen LogP contribution in [-0.4, -0.2) is 11.4 Å². The fourth-order valence-electron chi connectivity index (χ4n) is 1.46. The number of carbonyl (C=O) groups is 2. The SMILES string of the molecule is O=CC1C(=O)SCc2ccccc21. The normalized spacial score (nSPS) is 20.9. The van der Waals surface area contributed by atoms with Crippen molar-refractivity contribution in [2.24, 2.45) is 0 Å². The third kappa shape index (κ3) is 1.40. The highest BCUT2D eigenvalue weighted by atomic mass is 32.2. The Labute approximate surface area is 80.3 Å². The molecule has 1 aliphatic rings. The van der Waals surface area contributed by atoms with Crippen molar-refractivity contribution in [2.45, 2.75) is 11.7 Å². The molecule has 1 heterocycles. The molecule has 13 heavy (non-hydrogen) atoms. The summed E-state index contributed by atoms with van der Waals surface area (Å²) in [5.74, 6) is 0.147. The molecule has 0 bridgehead atoms. The van der Waals surface area contributed by atoms with E-state index in [1.165, 1.54) is 11.8 Å².